The van der Waals surface area contributed by atoms with Gasteiger partial charge in [-0.15, -0.1) is 0 Å². The number of anilines is 3. The fourth-order valence-electron chi connectivity index (χ4n) is 3.82. The minimum absolute atomic E-state index is 0.169. The molecule has 2 aliphatic heterocycles. The number of morpholine rings is 2. The van der Waals surface area contributed by atoms with Gasteiger partial charge >= 0.3 is 5.97 Å². The van der Waals surface area contributed by atoms with Gasteiger partial charge in [0.05, 0.1) is 45.5 Å². The molecular formula is C23H32N6O4. The van der Waals surface area contributed by atoms with Gasteiger partial charge in [0.15, 0.2) is 0 Å². The summed E-state index contributed by atoms with van der Waals surface area (Å²) < 4.78 is 16.2. The lowest BCUT2D eigenvalue weighted by Gasteiger charge is -2.30. The van der Waals surface area contributed by atoms with Crippen LogP contribution in [0.4, 0.5) is 17.8 Å². The van der Waals surface area contributed by atoms with E-state index in [1.54, 1.807) is 6.92 Å². The summed E-state index contributed by atoms with van der Waals surface area (Å²) in [5, 5.41) is 3.38. The van der Waals surface area contributed by atoms with Crippen LogP contribution in [0.15, 0.2) is 24.3 Å². The Hall–Kier alpha value is -2.98. The third-order valence-electron chi connectivity index (χ3n) is 5.66. The van der Waals surface area contributed by atoms with Crippen LogP contribution in [-0.4, -0.2) is 80.1 Å². The van der Waals surface area contributed by atoms with Gasteiger partial charge in [-0.05, 0) is 19.4 Å². The quantitative estimate of drug-likeness (QED) is 0.593. The molecule has 1 unspecified atom stereocenters. The second-order valence-corrected chi connectivity index (χ2v) is 8.07. The second kappa shape index (κ2) is 11.2. The van der Waals surface area contributed by atoms with Crippen molar-refractivity contribution in [1.82, 2.24) is 15.0 Å². The summed E-state index contributed by atoms with van der Waals surface area (Å²) in [7, 11) is 0. The van der Waals surface area contributed by atoms with Gasteiger partial charge in [-0.3, -0.25) is 4.79 Å². The minimum atomic E-state index is -0.331. The maximum absolute atomic E-state index is 12.4. The van der Waals surface area contributed by atoms with Crippen LogP contribution in [0.25, 0.3) is 0 Å². The van der Waals surface area contributed by atoms with Crippen molar-refractivity contribution in [3.8, 4) is 0 Å². The third-order valence-corrected chi connectivity index (χ3v) is 5.66. The Balaban J connectivity index is 1.64. The normalized spacial score (nSPS) is 17.5. The molecule has 0 bridgehead atoms. The first-order chi connectivity index (χ1) is 16.1. The van der Waals surface area contributed by atoms with Crippen LogP contribution in [0.3, 0.4) is 0 Å². The van der Waals surface area contributed by atoms with Crippen molar-refractivity contribution < 1.29 is 19.0 Å². The first kappa shape index (κ1) is 23.2. The number of ether oxygens (including phenoxy) is 3. The van der Waals surface area contributed by atoms with Crippen LogP contribution in [0.2, 0.25) is 0 Å². The maximum atomic E-state index is 12.4. The number of aromatic nitrogens is 3. The van der Waals surface area contributed by atoms with Crippen LogP contribution >= 0.6 is 0 Å². The molecule has 10 heteroatoms. The number of esters is 1. The van der Waals surface area contributed by atoms with E-state index in [9.17, 15) is 4.79 Å². The summed E-state index contributed by atoms with van der Waals surface area (Å²) in [5.74, 6) is 1.38. The van der Waals surface area contributed by atoms with Crippen LogP contribution < -0.4 is 15.1 Å². The zero-order valence-electron chi connectivity index (χ0n) is 19.3. The average Bonchev–Trinajstić information content (AvgIpc) is 2.85. The average molecular weight is 457 g/mol. The van der Waals surface area contributed by atoms with Crippen LogP contribution in [0.5, 0.6) is 0 Å². The molecule has 1 aromatic carbocycles. The molecule has 0 saturated carbocycles. The standard InChI is InChI=1S/C23H32N6O4/c1-3-33-20(30)16-19(18-6-4-17(2)5-7-18)24-21-25-22(28-8-12-31-13-9-28)27-23(26-21)29-10-14-32-15-11-29/h4-7,19H,3,8-16H2,1-2H3,(H,24,25,26,27). The van der Waals surface area contributed by atoms with Gasteiger partial charge < -0.3 is 29.3 Å². The number of hydrogen-bond donors (Lipinski definition) is 1. The Morgan fingerprint density at radius 1 is 0.970 bits per heavy atom. The molecule has 3 heterocycles. The van der Waals surface area contributed by atoms with Crippen molar-refractivity contribution in [1.29, 1.82) is 0 Å². The first-order valence-electron chi connectivity index (χ1n) is 11.5. The highest BCUT2D eigenvalue weighted by Gasteiger charge is 2.23. The molecule has 2 aliphatic rings. The number of carbonyl (C=O) groups excluding carboxylic acids is 1. The minimum Gasteiger partial charge on any atom is -0.466 e. The van der Waals surface area contributed by atoms with E-state index in [0.717, 1.165) is 37.3 Å². The van der Waals surface area contributed by atoms with Gasteiger partial charge in [0.2, 0.25) is 17.8 Å². The number of aryl methyl sites for hydroxylation is 1. The molecule has 178 valence electrons. The number of benzene rings is 1. The lowest BCUT2D eigenvalue weighted by molar-refractivity contribution is -0.143. The van der Waals surface area contributed by atoms with Gasteiger partial charge in [-0.25, -0.2) is 0 Å². The first-order valence-corrected chi connectivity index (χ1v) is 11.5. The van der Waals surface area contributed by atoms with E-state index in [4.69, 9.17) is 29.2 Å². The zero-order valence-corrected chi connectivity index (χ0v) is 19.3. The second-order valence-electron chi connectivity index (χ2n) is 8.07. The van der Waals surface area contributed by atoms with Crippen molar-refractivity contribution in [3.63, 3.8) is 0 Å². The smallest absolute Gasteiger partial charge is 0.308 e. The highest BCUT2D eigenvalue weighted by atomic mass is 16.5. The van der Waals surface area contributed by atoms with E-state index in [1.807, 2.05) is 31.2 Å². The van der Waals surface area contributed by atoms with Crippen LogP contribution in [-0.2, 0) is 19.0 Å². The third kappa shape index (κ3) is 6.29. The van der Waals surface area contributed by atoms with E-state index in [1.165, 1.54) is 0 Å². The molecule has 0 amide bonds. The van der Waals surface area contributed by atoms with Crippen LogP contribution in [0, 0.1) is 6.92 Å². The van der Waals surface area contributed by atoms with E-state index < -0.39 is 0 Å². The predicted molar refractivity (Wildman–Crippen MR) is 125 cm³/mol. The molecule has 1 atom stereocenters. The highest BCUT2D eigenvalue weighted by molar-refractivity contribution is 5.71. The number of nitrogens with zero attached hydrogens (tertiary/aromatic N) is 5. The number of hydrogen-bond acceptors (Lipinski definition) is 10. The van der Waals surface area contributed by atoms with Gasteiger partial charge in [0.25, 0.3) is 0 Å². The molecule has 33 heavy (non-hydrogen) atoms. The number of nitrogens with one attached hydrogen (secondary N) is 1. The van der Waals surface area contributed by atoms with Crippen molar-refractivity contribution in [3.05, 3.63) is 35.4 Å². The summed E-state index contributed by atoms with van der Waals surface area (Å²) in [6.45, 7) is 9.60. The zero-order chi connectivity index (χ0) is 23.0. The summed E-state index contributed by atoms with van der Waals surface area (Å²) in [6.07, 6.45) is 0.169. The molecule has 1 aromatic heterocycles. The van der Waals surface area contributed by atoms with Crippen molar-refractivity contribution >= 4 is 23.8 Å². The highest BCUT2D eigenvalue weighted by Crippen LogP contribution is 2.25. The van der Waals surface area contributed by atoms with Crippen molar-refractivity contribution in [2.24, 2.45) is 0 Å². The molecule has 4 rings (SSSR count). The van der Waals surface area contributed by atoms with E-state index in [0.29, 0.717) is 50.9 Å². The molecule has 10 nitrogen and oxygen atoms in total. The van der Waals surface area contributed by atoms with Gasteiger partial charge in [-0.2, -0.15) is 15.0 Å². The van der Waals surface area contributed by atoms with E-state index in [-0.39, 0.29) is 18.4 Å². The summed E-state index contributed by atoms with van der Waals surface area (Å²) in [5.41, 5.74) is 2.12. The van der Waals surface area contributed by atoms with Gasteiger partial charge in [-0.1, -0.05) is 29.8 Å². The van der Waals surface area contributed by atoms with Gasteiger partial charge in [0, 0.05) is 26.2 Å². The lowest BCUT2D eigenvalue weighted by Crippen LogP contribution is -2.40. The van der Waals surface area contributed by atoms with Crippen molar-refractivity contribution in [2.45, 2.75) is 26.3 Å². The molecule has 0 spiro atoms. The molecule has 0 radical (unpaired) electrons. The summed E-state index contributed by atoms with van der Waals surface area (Å²) >= 11 is 0. The number of carbonyl (C=O) groups is 1. The molecule has 2 fully saturated rings. The largest absolute Gasteiger partial charge is 0.466 e. The Morgan fingerprint density at radius 2 is 1.52 bits per heavy atom. The Bertz CT molecular complexity index is 877. The topological polar surface area (TPSA) is 102 Å². The van der Waals surface area contributed by atoms with Crippen molar-refractivity contribution in [2.75, 3.05) is 74.3 Å². The predicted octanol–water partition coefficient (Wildman–Crippen LogP) is 1.96. The Labute approximate surface area is 194 Å². The molecule has 1 N–H and O–H groups in total. The fourth-order valence-corrected chi connectivity index (χ4v) is 3.82. The SMILES string of the molecule is CCOC(=O)CC(Nc1nc(N2CCOCC2)nc(N2CCOCC2)n1)c1ccc(C)cc1. The van der Waals surface area contributed by atoms with Gasteiger partial charge in [0.1, 0.15) is 0 Å². The fraction of sp³-hybridized carbons (Fsp3) is 0.565. The van der Waals surface area contributed by atoms with Crippen LogP contribution in [0.1, 0.15) is 30.5 Å². The monoisotopic (exact) mass is 456 g/mol. The molecule has 0 aliphatic carbocycles. The molecule has 2 saturated heterocycles. The molecular weight excluding hydrogens is 424 g/mol. The van der Waals surface area contributed by atoms with E-state index >= 15 is 0 Å². The summed E-state index contributed by atoms with van der Waals surface area (Å²) in [6, 6.07) is 7.75. The summed E-state index contributed by atoms with van der Waals surface area (Å²) in [4.78, 5) is 30.7. The Morgan fingerprint density at radius 3 is 2.03 bits per heavy atom. The molecule has 2 aromatic rings. The number of rotatable bonds is 8. The maximum Gasteiger partial charge on any atom is 0.308 e. The van der Waals surface area contributed by atoms with E-state index in [2.05, 4.69) is 15.1 Å². The Kier molecular flexibility index (Phi) is 7.90. The lowest BCUT2D eigenvalue weighted by atomic mass is 10.0.